The Bertz CT molecular complexity index is 827. The fourth-order valence-corrected chi connectivity index (χ4v) is 3.81. The van der Waals surface area contributed by atoms with E-state index < -0.39 is 0 Å². The van der Waals surface area contributed by atoms with E-state index in [1.807, 2.05) is 26.2 Å². The summed E-state index contributed by atoms with van der Waals surface area (Å²) >= 11 is 1.71. The Balaban J connectivity index is 1.65. The minimum absolute atomic E-state index is 0.758. The van der Waals surface area contributed by atoms with Gasteiger partial charge in [-0.25, -0.2) is 4.98 Å². The largest absolute Gasteiger partial charge is 0.494 e. The van der Waals surface area contributed by atoms with Crippen molar-refractivity contribution in [2.24, 2.45) is 5.73 Å². The van der Waals surface area contributed by atoms with Crippen molar-refractivity contribution in [1.82, 2.24) is 4.98 Å². The van der Waals surface area contributed by atoms with E-state index in [2.05, 4.69) is 35.2 Å². The number of ether oxygens (including phenoxy) is 1. The van der Waals surface area contributed by atoms with E-state index in [1.54, 1.807) is 11.3 Å². The van der Waals surface area contributed by atoms with E-state index in [1.165, 1.54) is 18.5 Å². The van der Waals surface area contributed by atoms with Gasteiger partial charge in [-0.3, -0.25) is 0 Å². The molecule has 3 aromatic rings. The number of fused-ring (bicyclic) bond motifs is 1. The van der Waals surface area contributed by atoms with Crippen molar-refractivity contribution in [1.29, 1.82) is 0 Å². The molecule has 2 aromatic carbocycles. The minimum atomic E-state index is 0.758. The predicted octanol–water partition coefficient (Wildman–Crippen LogP) is 4.93. The molecule has 138 valence electrons. The summed E-state index contributed by atoms with van der Waals surface area (Å²) in [5, 5.41) is 1.05. The number of hydrogen-bond donors (Lipinski definition) is 1. The SMILES string of the molecule is CN(C)c1ccc(-c2nc3ccc(OCCCCCCN)cc3s2)cc1. The second kappa shape index (κ2) is 9.01. The molecule has 5 heteroatoms. The number of rotatable bonds is 9. The molecule has 0 radical (unpaired) electrons. The minimum Gasteiger partial charge on any atom is -0.494 e. The van der Waals surface area contributed by atoms with E-state index in [-0.39, 0.29) is 0 Å². The van der Waals surface area contributed by atoms with Gasteiger partial charge in [0.05, 0.1) is 16.8 Å². The van der Waals surface area contributed by atoms with Crippen LogP contribution in [0.15, 0.2) is 42.5 Å². The van der Waals surface area contributed by atoms with Crippen molar-refractivity contribution in [2.45, 2.75) is 25.7 Å². The van der Waals surface area contributed by atoms with Crippen molar-refractivity contribution in [2.75, 3.05) is 32.1 Å². The van der Waals surface area contributed by atoms with Crippen LogP contribution in [0.4, 0.5) is 5.69 Å². The number of hydrogen-bond acceptors (Lipinski definition) is 5. The maximum atomic E-state index is 5.89. The molecule has 0 spiro atoms. The first-order chi connectivity index (χ1) is 12.7. The average Bonchev–Trinajstić information content (AvgIpc) is 3.08. The highest BCUT2D eigenvalue weighted by atomic mass is 32.1. The van der Waals surface area contributed by atoms with Crippen molar-refractivity contribution < 1.29 is 4.74 Å². The van der Waals surface area contributed by atoms with Crippen LogP contribution in [0, 0.1) is 0 Å². The topological polar surface area (TPSA) is 51.4 Å². The smallest absolute Gasteiger partial charge is 0.124 e. The Morgan fingerprint density at radius 1 is 1.00 bits per heavy atom. The fraction of sp³-hybridized carbons (Fsp3) is 0.381. The lowest BCUT2D eigenvalue weighted by molar-refractivity contribution is 0.305. The molecule has 3 rings (SSSR count). The van der Waals surface area contributed by atoms with Crippen LogP contribution >= 0.6 is 11.3 Å². The summed E-state index contributed by atoms with van der Waals surface area (Å²) in [6.07, 6.45) is 4.53. The van der Waals surface area contributed by atoms with Crippen LogP contribution in [-0.2, 0) is 0 Å². The summed E-state index contributed by atoms with van der Waals surface area (Å²) < 4.78 is 7.06. The molecule has 0 amide bonds. The lowest BCUT2D eigenvalue weighted by Gasteiger charge is -2.11. The molecule has 4 nitrogen and oxygen atoms in total. The van der Waals surface area contributed by atoms with Crippen molar-refractivity contribution in [3.8, 4) is 16.3 Å². The van der Waals surface area contributed by atoms with Crippen molar-refractivity contribution >= 4 is 27.2 Å². The molecule has 0 bridgehead atoms. The predicted molar refractivity (Wildman–Crippen MR) is 112 cm³/mol. The molecule has 0 saturated carbocycles. The normalized spacial score (nSPS) is 11.0. The van der Waals surface area contributed by atoms with E-state index >= 15 is 0 Å². The monoisotopic (exact) mass is 369 g/mol. The van der Waals surface area contributed by atoms with Gasteiger partial charge in [0.25, 0.3) is 0 Å². The van der Waals surface area contributed by atoms with Crippen LogP contribution in [-0.4, -0.2) is 32.2 Å². The van der Waals surface area contributed by atoms with Gasteiger partial charge in [0.15, 0.2) is 0 Å². The average molecular weight is 370 g/mol. The number of thiazole rings is 1. The Morgan fingerprint density at radius 2 is 1.77 bits per heavy atom. The highest BCUT2D eigenvalue weighted by molar-refractivity contribution is 7.21. The second-order valence-corrected chi connectivity index (χ2v) is 7.67. The van der Waals surface area contributed by atoms with Crippen LogP contribution in [0.1, 0.15) is 25.7 Å². The van der Waals surface area contributed by atoms with Gasteiger partial charge in [-0.2, -0.15) is 0 Å². The Kier molecular flexibility index (Phi) is 6.47. The zero-order chi connectivity index (χ0) is 18.4. The molecule has 2 N–H and O–H groups in total. The van der Waals surface area contributed by atoms with E-state index in [9.17, 15) is 0 Å². The maximum absolute atomic E-state index is 5.89. The second-order valence-electron chi connectivity index (χ2n) is 6.64. The van der Waals surface area contributed by atoms with Crippen LogP contribution in [0.5, 0.6) is 5.75 Å². The van der Waals surface area contributed by atoms with Crippen molar-refractivity contribution in [3.63, 3.8) is 0 Å². The molecule has 0 saturated heterocycles. The van der Waals surface area contributed by atoms with Crippen LogP contribution in [0.3, 0.4) is 0 Å². The zero-order valence-electron chi connectivity index (χ0n) is 15.6. The molecule has 0 fully saturated rings. The number of aromatic nitrogens is 1. The van der Waals surface area contributed by atoms with E-state index in [0.717, 1.165) is 52.5 Å². The Labute approximate surface area is 159 Å². The summed E-state index contributed by atoms with van der Waals surface area (Å²) in [7, 11) is 4.10. The summed E-state index contributed by atoms with van der Waals surface area (Å²) in [6.45, 7) is 1.54. The van der Waals surface area contributed by atoms with Gasteiger partial charge in [-0.1, -0.05) is 12.8 Å². The molecule has 26 heavy (non-hydrogen) atoms. The van der Waals surface area contributed by atoms with Gasteiger partial charge >= 0.3 is 0 Å². The third-order valence-corrected chi connectivity index (χ3v) is 5.42. The summed E-state index contributed by atoms with van der Waals surface area (Å²) in [4.78, 5) is 6.87. The van der Waals surface area contributed by atoms with Crippen LogP contribution in [0.2, 0.25) is 0 Å². The molecule has 1 aromatic heterocycles. The standard InChI is InChI=1S/C21H27N3OS/c1-24(2)17-9-7-16(8-10-17)21-23-19-12-11-18(15-20(19)26-21)25-14-6-4-3-5-13-22/h7-12,15H,3-6,13-14,22H2,1-2H3. The van der Waals surface area contributed by atoms with Crippen LogP contribution < -0.4 is 15.4 Å². The first-order valence-corrected chi connectivity index (χ1v) is 10.0. The number of anilines is 1. The van der Waals surface area contributed by atoms with E-state index in [4.69, 9.17) is 15.5 Å². The molecule has 0 atom stereocenters. The number of nitrogens with two attached hydrogens (primary N) is 1. The molecular weight excluding hydrogens is 342 g/mol. The van der Waals surface area contributed by atoms with Gasteiger partial charge in [-0.05, 0) is 61.9 Å². The molecule has 0 aliphatic rings. The third-order valence-electron chi connectivity index (χ3n) is 4.36. The highest BCUT2D eigenvalue weighted by Crippen LogP contribution is 2.33. The summed E-state index contributed by atoms with van der Waals surface area (Å²) in [6, 6.07) is 14.7. The number of nitrogens with zero attached hydrogens (tertiary/aromatic N) is 2. The van der Waals surface area contributed by atoms with Crippen molar-refractivity contribution in [3.05, 3.63) is 42.5 Å². The van der Waals surface area contributed by atoms with Gasteiger partial charge in [0, 0.05) is 25.3 Å². The lowest BCUT2D eigenvalue weighted by Crippen LogP contribution is -2.07. The lowest BCUT2D eigenvalue weighted by atomic mass is 10.2. The molecule has 0 aliphatic carbocycles. The van der Waals surface area contributed by atoms with Gasteiger partial charge < -0.3 is 15.4 Å². The first kappa shape index (κ1) is 18.7. The van der Waals surface area contributed by atoms with Gasteiger partial charge in [0.1, 0.15) is 10.8 Å². The maximum Gasteiger partial charge on any atom is 0.124 e. The van der Waals surface area contributed by atoms with Crippen LogP contribution in [0.25, 0.3) is 20.8 Å². The number of benzene rings is 2. The quantitative estimate of drug-likeness (QED) is 0.544. The summed E-state index contributed by atoms with van der Waals surface area (Å²) in [5.41, 5.74) is 8.88. The Hall–Kier alpha value is -2.11. The summed E-state index contributed by atoms with van der Waals surface area (Å²) in [5.74, 6) is 0.925. The molecular formula is C21H27N3OS. The molecule has 0 unspecified atom stereocenters. The molecule has 1 heterocycles. The van der Waals surface area contributed by atoms with Gasteiger partial charge in [0.2, 0.25) is 0 Å². The Morgan fingerprint density at radius 3 is 2.50 bits per heavy atom. The zero-order valence-corrected chi connectivity index (χ0v) is 16.4. The van der Waals surface area contributed by atoms with Gasteiger partial charge in [-0.15, -0.1) is 11.3 Å². The first-order valence-electron chi connectivity index (χ1n) is 9.18. The number of unbranched alkanes of at least 4 members (excludes halogenated alkanes) is 3. The fourth-order valence-electron chi connectivity index (χ4n) is 2.81. The van der Waals surface area contributed by atoms with E-state index in [0.29, 0.717) is 0 Å². The molecule has 0 aliphatic heterocycles. The highest BCUT2D eigenvalue weighted by Gasteiger charge is 2.08. The third kappa shape index (κ3) is 4.74.